The van der Waals surface area contributed by atoms with Crippen LogP contribution in [-0.2, 0) is 11.2 Å². The van der Waals surface area contributed by atoms with Crippen LogP contribution in [0.15, 0.2) is 47.6 Å². The number of benzene rings is 2. The fourth-order valence-corrected chi connectivity index (χ4v) is 5.20. The first kappa shape index (κ1) is 27.0. The molecule has 9 nitrogen and oxygen atoms in total. The fraction of sp³-hybridized carbons (Fsp3) is 0.414. The molecular formula is C29H37N7O2. The van der Waals surface area contributed by atoms with Crippen LogP contribution in [0.2, 0.25) is 0 Å². The van der Waals surface area contributed by atoms with E-state index in [4.69, 9.17) is 21.1 Å². The number of aromatic nitrogens is 1. The van der Waals surface area contributed by atoms with Crippen molar-refractivity contribution in [1.82, 2.24) is 9.69 Å². The van der Waals surface area contributed by atoms with E-state index in [1.54, 1.807) is 0 Å². The maximum absolute atomic E-state index is 10.2. The number of nitrogens with two attached hydrogens (primary N) is 3. The van der Waals surface area contributed by atoms with Crippen LogP contribution >= 0.6 is 0 Å². The van der Waals surface area contributed by atoms with E-state index in [-0.39, 0.29) is 6.41 Å². The van der Waals surface area contributed by atoms with E-state index in [0.29, 0.717) is 19.2 Å². The van der Waals surface area contributed by atoms with E-state index in [2.05, 4.69) is 58.7 Å². The van der Waals surface area contributed by atoms with E-state index in [9.17, 15) is 5.26 Å². The Morgan fingerprint density at radius 1 is 1.18 bits per heavy atom. The average Bonchev–Trinajstić information content (AvgIpc) is 3.68. The standard InChI is InChI=1S/C28H34N6O.CH3NO/c1-19(21-9-10-21)15-20-5-7-22(8-6-20)28-26(17-29)25-12-11-24(35-14-13-33(31)32-18-30)16-27(25)34(28)23-3-2-4-23;2-1-3/h5-8,11-12,16,18-19,21,23H,2-4,9-10,13-15,31H2,1H3,(H2,30,32);1H,(H2,2,3). The van der Waals surface area contributed by atoms with Gasteiger partial charge in [-0.2, -0.15) is 10.4 Å². The van der Waals surface area contributed by atoms with Gasteiger partial charge in [0.05, 0.1) is 23.3 Å². The Bertz CT molecular complexity index is 1300. The lowest BCUT2D eigenvalue weighted by atomic mass is 9.91. The molecule has 200 valence electrons. The summed E-state index contributed by atoms with van der Waals surface area (Å²) in [5.41, 5.74) is 14.7. The summed E-state index contributed by atoms with van der Waals surface area (Å²) in [5.74, 6) is 8.12. The zero-order chi connectivity index (χ0) is 27.1. The van der Waals surface area contributed by atoms with Crippen LogP contribution in [0.25, 0.3) is 22.2 Å². The van der Waals surface area contributed by atoms with Crippen LogP contribution in [-0.4, -0.2) is 35.6 Å². The van der Waals surface area contributed by atoms with Gasteiger partial charge in [-0.15, -0.1) is 0 Å². The molecule has 9 heteroatoms. The van der Waals surface area contributed by atoms with Crippen molar-refractivity contribution >= 4 is 23.7 Å². The monoisotopic (exact) mass is 515 g/mol. The van der Waals surface area contributed by atoms with Crippen molar-refractivity contribution in [2.24, 2.45) is 34.2 Å². The number of carbonyl (C=O) groups is 1. The number of rotatable bonds is 10. The molecule has 2 aliphatic rings. The second-order valence-electron chi connectivity index (χ2n) is 10.1. The second-order valence-corrected chi connectivity index (χ2v) is 10.1. The van der Waals surface area contributed by atoms with E-state index in [0.717, 1.165) is 70.9 Å². The Morgan fingerprint density at radius 2 is 1.89 bits per heavy atom. The van der Waals surface area contributed by atoms with Crippen molar-refractivity contribution in [3.8, 4) is 23.1 Å². The summed E-state index contributed by atoms with van der Waals surface area (Å²) in [6.07, 6.45) is 8.76. The van der Waals surface area contributed by atoms with Crippen molar-refractivity contribution in [1.29, 1.82) is 5.26 Å². The van der Waals surface area contributed by atoms with Gasteiger partial charge in [0.25, 0.3) is 0 Å². The van der Waals surface area contributed by atoms with Crippen LogP contribution in [0.4, 0.5) is 0 Å². The maximum atomic E-state index is 10.2. The SMILES string of the molecule is CC(Cc1ccc(-c2c(C#N)c3ccc(OCCN(N)/N=C\N)cc3n2C2CCC2)cc1)C1CC1.NC=O. The van der Waals surface area contributed by atoms with Crippen LogP contribution in [0.5, 0.6) is 5.75 Å². The highest BCUT2D eigenvalue weighted by Crippen LogP contribution is 2.43. The molecule has 3 aromatic rings. The lowest BCUT2D eigenvalue weighted by molar-refractivity contribution is -0.106. The van der Waals surface area contributed by atoms with Gasteiger partial charge in [0, 0.05) is 17.5 Å². The molecule has 1 unspecified atom stereocenters. The number of primary amides is 1. The molecule has 1 heterocycles. The molecule has 2 aliphatic carbocycles. The molecule has 0 bridgehead atoms. The Morgan fingerprint density at radius 3 is 2.47 bits per heavy atom. The van der Waals surface area contributed by atoms with Gasteiger partial charge in [-0.25, -0.2) is 11.0 Å². The summed E-state index contributed by atoms with van der Waals surface area (Å²) in [5, 5.41) is 16.2. The van der Waals surface area contributed by atoms with Crippen molar-refractivity contribution in [2.45, 2.75) is 51.5 Å². The molecule has 5 rings (SSSR count). The average molecular weight is 516 g/mol. The van der Waals surface area contributed by atoms with Crippen LogP contribution < -0.4 is 22.0 Å². The maximum Gasteiger partial charge on any atom is 0.204 e. The summed E-state index contributed by atoms with van der Waals surface area (Å²) in [6.45, 7) is 3.15. The molecular weight excluding hydrogens is 478 g/mol. The number of hydrazine groups is 1. The van der Waals surface area contributed by atoms with Crippen LogP contribution in [0, 0.1) is 23.2 Å². The first-order chi connectivity index (χ1) is 18.5. The second kappa shape index (κ2) is 12.5. The predicted octanol–water partition coefficient (Wildman–Crippen LogP) is 4.05. The minimum absolute atomic E-state index is 0.250. The molecule has 6 N–H and O–H groups in total. The third kappa shape index (κ3) is 6.09. The topological polar surface area (TPSA) is 149 Å². The first-order valence-electron chi connectivity index (χ1n) is 13.2. The third-order valence-electron chi connectivity index (χ3n) is 7.54. The smallest absolute Gasteiger partial charge is 0.204 e. The number of carbonyl (C=O) groups excluding carboxylic acids is 1. The number of ether oxygens (including phenoxy) is 1. The highest BCUT2D eigenvalue weighted by atomic mass is 16.5. The summed E-state index contributed by atoms with van der Waals surface area (Å²) in [6, 6.07) is 17.8. The molecule has 1 atom stereocenters. The van der Waals surface area contributed by atoms with Crippen molar-refractivity contribution in [2.75, 3.05) is 13.2 Å². The number of hydrazone groups is 1. The Balaban J connectivity index is 0.00000107. The van der Waals surface area contributed by atoms with Gasteiger partial charge in [0.15, 0.2) is 0 Å². The van der Waals surface area contributed by atoms with Crippen LogP contribution in [0.3, 0.4) is 0 Å². The lowest BCUT2D eigenvalue weighted by Gasteiger charge is -2.30. The number of amides is 1. The Hall–Kier alpha value is -4.03. The van der Waals surface area contributed by atoms with Gasteiger partial charge < -0.3 is 20.8 Å². The zero-order valence-corrected chi connectivity index (χ0v) is 21.9. The van der Waals surface area contributed by atoms with E-state index >= 15 is 0 Å². The molecule has 0 spiro atoms. The lowest BCUT2D eigenvalue weighted by Crippen LogP contribution is -2.30. The summed E-state index contributed by atoms with van der Waals surface area (Å²) < 4.78 is 8.33. The third-order valence-corrected chi connectivity index (χ3v) is 7.54. The summed E-state index contributed by atoms with van der Waals surface area (Å²) in [4.78, 5) is 8.58. The quantitative estimate of drug-likeness (QED) is 0.122. The predicted molar refractivity (Wildman–Crippen MR) is 150 cm³/mol. The number of nitrogens with zero attached hydrogens (tertiary/aromatic N) is 4. The van der Waals surface area contributed by atoms with E-state index < -0.39 is 0 Å². The largest absolute Gasteiger partial charge is 0.492 e. The molecule has 0 radical (unpaired) electrons. The number of hydrogen-bond acceptors (Lipinski definition) is 6. The molecule has 1 amide bonds. The molecule has 2 saturated carbocycles. The van der Waals surface area contributed by atoms with E-state index in [1.165, 1.54) is 29.9 Å². The minimum Gasteiger partial charge on any atom is -0.492 e. The van der Waals surface area contributed by atoms with Gasteiger partial charge in [-0.1, -0.05) is 31.2 Å². The number of fused-ring (bicyclic) bond motifs is 1. The normalized spacial score (nSPS) is 15.8. The Labute approximate surface area is 223 Å². The first-order valence-corrected chi connectivity index (χ1v) is 13.2. The minimum atomic E-state index is 0.250. The van der Waals surface area contributed by atoms with Crippen molar-refractivity contribution in [3.63, 3.8) is 0 Å². The molecule has 2 aromatic carbocycles. The van der Waals surface area contributed by atoms with Gasteiger partial charge in [0.2, 0.25) is 6.41 Å². The number of nitriles is 1. The van der Waals surface area contributed by atoms with Crippen LogP contribution in [0.1, 0.15) is 56.2 Å². The van der Waals surface area contributed by atoms with E-state index in [1.807, 2.05) is 12.1 Å². The molecule has 0 aliphatic heterocycles. The van der Waals surface area contributed by atoms with Gasteiger partial charge >= 0.3 is 0 Å². The molecule has 1 aromatic heterocycles. The molecule has 0 saturated heterocycles. The summed E-state index contributed by atoms with van der Waals surface area (Å²) >= 11 is 0. The van der Waals surface area contributed by atoms with Gasteiger partial charge in [0.1, 0.15) is 24.8 Å². The fourth-order valence-electron chi connectivity index (χ4n) is 5.20. The summed E-state index contributed by atoms with van der Waals surface area (Å²) in [7, 11) is 0. The molecule has 2 fully saturated rings. The zero-order valence-electron chi connectivity index (χ0n) is 21.9. The van der Waals surface area contributed by atoms with Crippen molar-refractivity contribution in [3.05, 3.63) is 53.6 Å². The molecule has 38 heavy (non-hydrogen) atoms. The van der Waals surface area contributed by atoms with Gasteiger partial charge in [-0.05, 0) is 73.6 Å². The van der Waals surface area contributed by atoms with Gasteiger partial charge in [-0.3, -0.25) is 4.79 Å². The highest BCUT2D eigenvalue weighted by molar-refractivity contribution is 5.95. The Kier molecular flexibility index (Phi) is 8.87. The van der Waals surface area contributed by atoms with Crippen molar-refractivity contribution < 1.29 is 9.53 Å². The number of hydrogen-bond donors (Lipinski definition) is 3. The highest BCUT2D eigenvalue weighted by Gasteiger charge is 2.29.